The highest BCUT2D eigenvalue weighted by molar-refractivity contribution is 5.79. The highest BCUT2D eigenvalue weighted by Gasteiger charge is 2.31. The van der Waals surface area contributed by atoms with Crippen LogP contribution >= 0.6 is 0 Å². The Morgan fingerprint density at radius 2 is 2.07 bits per heavy atom. The first kappa shape index (κ1) is 11.5. The molecule has 82 valence electrons. The van der Waals surface area contributed by atoms with Gasteiger partial charge in [-0.25, -0.2) is 5.01 Å². The van der Waals surface area contributed by atoms with Crippen molar-refractivity contribution in [1.29, 1.82) is 0 Å². The number of nitrogens with two attached hydrogens (primary N) is 1. The van der Waals surface area contributed by atoms with Crippen LogP contribution in [0.4, 0.5) is 0 Å². The van der Waals surface area contributed by atoms with E-state index in [4.69, 9.17) is 5.73 Å². The summed E-state index contributed by atoms with van der Waals surface area (Å²) in [5.74, 6) is 0.669. The normalized spacial score (nSPS) is 33.1. The van der Waals surface area contributed by atoms with Gasteiger partial charge >= 0.3 is 0 Å². The third-order valence-electron chi connectivity index (χ3n) is 2.84. The molecule has 0 aromatic carbocycles. The predicted octanol–water partition coefficient (Wildman–Crippen LogP) is 0.343. The fourth-order valence-electron chi connectivity index (χ4n) is 2.01. The lowest BCUT2D eigenvalue weighted by molar-refractivity contribution is -0.130. The quantitative estimate of drug-likeness (QED) is 0.631. The second-order valence-electron chi connectivity index (χ2n) is 4.56. The van der Waals surface area contributed by atoms with Crippen molar-refractivity contribution in [2.75, 3.05) is 14.1 Å². The van der Waals surface area contributed by atoms with Crippen molar-refractivity contribution < 1.29 is 4.79 Å². The Kier molecular flexibility index (Phi) is 3.89. The number of hydrazine groups is 1. The molecule has 1 aliphatic rings. The molecule has 3 atom stereocenters. The van der Waals surface area contributed by atoms with Gasteiger partial charge in [0, 0.05) is 20.1 Å². The molecule has 3 N–H and O–H groups in total. The highest BCUT2D eigenvalue weighted by Crippen LogP contribution is 2.27. The molecule has 1 aliphatic carbocycles. The summed E-state index contributed by atoms with van der Waals surface area (Å²) in [6.07, 6.45) is 3.03. The van der Waals surface area contributed by atoms with Crippen LogP contribution in [0.5, 0.6) is 0 Å². The Hall–Kier alpha value is -0.610. The Bertz CT molecular complexity index is 206. The molecule has 1 rings (SSSR count). The van der Waals surface area contributed by atoms with E-state index in [1.54, 1.807) is 5.01 Å². The third kappa shape index (κ3) is 2.96. The first-order valence-corrected chi connectivity index (χ1v) is 5.24. The smallest absolute Gasteiger partial charge is 0.238 e. The zero-order chi connectivity index (χ0) is 10.7. The van der Waals surface area contributed by atoms with Gasteiger partial charge in [0.1, 0.15) is 0 Å². The van der Waals surface area contributed by atoms with Crippen LogP contribution in [0.2, 0.25) is 0 Å². The minimum atomic E-state index is -0.0128. The summed E-state index contributed by atoms with van der Waals surface area (Å²) in [6.45, 7) is 2.18. The second-order valence-corrected chi connectivity index (χ2v) is 4.56. The van der Waals surface area contributed by atoms with E-state index < -0.39 is 0 Å². The number of carbonyl (C=O) groups is 1. The molecule has 0 heterocycles. The van der Waals surface area contributed by atoms with E-state index in [-0.39, 0.29) is 17.9 Å². The number of nitrogens with zero attached hydrogens (tertiary/aromatic N) is 1. The van der Waals surface area contributed by atoms with E-state index in [0.29, 0.717) is 5.92 Å². The topological polar surface area (TPSA) is 58.4 Å². The molecule has 0 aromatic heterocycles. The first-order chi connectivity index (χ1) is 6.50. The van der Waals surface area contributed by atoms with Crippen molar-refractivity contribution >= 4 is 5.91 Å². The van der Waals surface area contributed by atoms with E-state index in [9.17, 15) is 4.79 Å². The van der Waals surface area contributed by atoms with Crippen LogP contribution in [0.25, 0.3) is 0 Å². The van der Waals surface area contributed by atoms with Crippen molar-refractivity contribution in [3.05, 3.63) is 0 Å². The molecule has 0 spiro atoms. The lowest BCUT2D eigenvalue weighted by Crippen LogP contribution is -2.48. The van der Waals surface area contributed by atoms with Crippen molar-refractivity contribution in [3.63, 3.8) is 0 Å². The standard InChI is InChI=1S/C10H21N3O/c1-7-4-5-9(11)8(6-7)10(14)12-13(2)3/h7-9H,4-6,11H2,1-3H3,(H,12,14). The molecule has 0 aromatic rings. The molecule has 14 heavy (non-hydrogen) atoms. The molecule has 1 saturated carbocycles. The Morgan fingerprint density at radius 3 is 2.64 bits per heavy atom. The van der Waals surface area contributed by atoms with Gasteiger partial charge in [0.2, 0.25) is 5.91 Å². The number of nitrogens with one attached hydrogen (secondary N) is 1. The minimum absolute atomic E-state index is 0.0128. The van der Waals surface area contributed by atoms with Crippen molar-refractivity contribution in [2.24, 2.45) is 17.6 Å². The average Bonchev–Trinajstić information content (AvgIpc) is 2.08. The van der Waals surface area contributed by atoms with E-state index in [1.807, 2.05) is 14.1 Å². The molecule has 1 fully saturated rings. The average molecular weight is 199 g/mol. The largest absolute Gasteiger partial charge is 0.327 e. The van der Waals surface area contributed by atoms with Crippen molar-refractivity contribution in [3.8, 4) is 0 Å². The van der Waals surface area contributed by atoms with Gasteiger partial charge in [0.05, 0.1) is 5.92 Å². The molecule has 0 radical (unpaired) electrons. The number of hydrogen-bond acceptors (Lipinski definition) is 3. The molecule has 4 nitrogen and oxygen atoms in total. The van der Waals surface area contributed by atoms with Crippen LogP contribution in [0.15, 0.2) is 0 Å². The van der Waals surface area contributed by atoms with Gasteiger partial charge in [-0.05, 0) is 25.2 Å². The summed E-state index contributed by atoms with van der Waals surface area (Å²) < 4.78 is 0. The Balaban J connectivity index is 2.51. The van der Waals surface area contributed by atoms with Crippen LogP contribution in [0.3, 0.4) is 0 Å². The Labute approximate surface area is 85.8 Å². The van der Waals surface area contributed by atoms with E-state index >= 15 is 0 Å². The summed E-state index contributed by atoms with van der Waals surface area (Å²) in [6, 6.07) is 0.0335. The summed E-state index contributed by atoms with van der Waals surface area (Å²) in [4.78, 5) is 11.7. The van der Waals surface area contributed by atoms with Gasteiger partial charge in [0.15, 0.2) is 0 Å². The van der Waals surface area contributed by atoms with Crippen LogP contribution in [0, 0.1) is 11.8 Å². The van der Waals surface area contributed by atoms with Crippen LogP contribution < -0.4 is 11.2 Å². The molecule has 0 aliphatic heterocycles. The number of rotatable bonds is 2. The van der Waals surface area contributed by atoms with Crippen molar-refractivity contribution in [2.45, 2.75) is 32.2 Å². The summed E-state index contributed by atoms with van der Waals surface area (Å²) >= 11 is 0. The maximum Gasteiger partial charge on any atom is 0.238 e. The highest BCUT2D eigenvalue weighted by atomic mass is 16.2. The zero-order valence-corrected chi connectivity index (χ0v) is 9.29. The lowest BCUT2D eigenvalue weighted by Gasteiger charge is -2.32. The molecule has 0 bridgehead atoms. The van der Waals surface area contributed by atoms with Gasteiger partial charge < -0.3 is 5.73 Å². The maximum atomic E-state index is 11.7. The van der Waals surface area contributed by atoms with E-state index in [1.165, 1.54) is 0 Å². The summed E-state index contributed by atoms with van der Waals surface area (Å²) in [5.41, 5.74) is 8.72. The number of amides is 1. The van der Waals surface area contributed by atoms with Crippen molar-refractivity contribution in [1.82, 2.24) is 10.4 Å². The van der Waals surface area contributed by atoms with Crippen LogP contribution in [0.1, 0.15) is 26.2 Å². The van der Waals surface area contributed by atoms with Gasteiger partial charge in [-0.3, -0.25) is 10.2 Å². The molecule has 3 unspecified atom stereocenters. The summed E-state index contributed by atoms with van der Waals surface area (Å²) in [5, 5.41) is 1.67. The third-order valence-corrected chi connectivity index (χ3v) is 2.84. The lowest BCUT2D eigenvalue weighted by atomic mass is 9.79. The SMILES string of the molecule is CC1CCC(N)C(C(=O)NN(C)C)C1. The second kappa shape index (κ2) is 4.75. The molecular weight excluding hydrogens is 178 g/mol. The fraction of sp³-hybridized carbons (Fsp3) is 0.900. The molecule has 0 saturated heterocycles. The van der Waals surface area contributed by atoms with Gasteiger partial charge in [-0.15, -0.1) is 0 Å². The molecular formula is C10H21N3O. The van der Waals surface area contributed by atoms with Gasteiger partial charge in [-0.1, -0.05) is 6.92 Å². The predicted molar refractivity (Wildman–Crippen MR) is 56.3 cm³/mol. The number of carbonyl (C=O) groups excluding carboxylic acids is 1. The Morgan fingerprint density at radius 1 is 1.43 bits per heavy atom. The van der Waals surface area contributed by atoms with Gasteiger partial charge in [-0.2, -0.15) is 0 Å². The minimum Gasteiger partial charge on any atom is -0.327 e. The maximum absolute atomic E-state index is 11.7. The first-order valence-electron chi connectivity index (χ1n) is 5.24. The number of hydrogen-bond donors (Lipinski definition) is 2. The van der Waals surface area contributed by atoms with E-state index in [0.717, 1.165) is 19.3 Å². The van der Waals surface area contributed by atoms with E-state index in [2.05, 4.69) is 12.3 Å². The van der Waals surface area contributed by atoms with Crippen LogP contribution in [-0.2, 0) is 4.79 Å². The van der Waals surface area contributed by atoms with Crippen LogP contribution in [-0.4, -0.2) is 31.1 Å². The van der Waals surface area contributed by atoms with Gasteiger partial charge in [0.25, 0.3) is 0 Å². The summed E-state index contributed by atoms with van der Waals surface area (Å²) in [7, 11) is 3.63. The monoisotopic (exact) mass is 199 g/mol. The molecule has 4 heteroatoms. The zero-order valence-electron chi connectivity index (χ0n) is 9.29. The fourth-order valence-corrected chi connectivity index (χ4v) is 2.01. The molecule has 1 amide bonds.